The topological polar surface area (TPSA) is 121 Å². The van der Waals surface area contributed by atoms with Crippen LogP contribution in [0.1, 0.15) is 38.1 Å². The molecule has 2 N–H and O–H groups in total. The summed E-state index contributed by atoms with van der Waals surface area (Å²) >= 11 is 0. The number of hydrogen-bond donors (Lipinski definition) is 2. The first-order chi connectivity index (χ1) is 22.6. The maximum absolute atomic E-state index is 13.8. The smallest absolute Gasteiger partial charge is 0.335 e. The first kappa shape index (κ1) is 34.6. The summed E-state index contributed by atoms with van der Waals surface area (Å²) in [6.07, 6.45) is -2.80. The van der Waals surface area contributed by atoms with E-state index in [9.17, 15) is 19.8 Å². The highest BCUT2D eigenvalue weighted by molar-refractivity contribution is 6.99. The normalized spacial score (nSPS) is 20.0. The van der Waals surface area contributed by atoms with Crippen molar-refractivity contribution in [2.75, 3.05) is 19.8 Å². The number of aryl methyl sites for hydroxylation is 1. The zero-order valence-electron chi connectivity index (χ0n) is 27.3. The van der Waals surface area contributed by atoms with Crippen molar-refractivity contribution in [3.05, 3.63) is 129 Å². The van der Waals surface area contributed by atoms with Gasteiger partial charge < -0.3 is 28.8 Å². The van der Waals surface area contributed by atoms with E-state index in [1.165, 1.54) is 10.8 Å². The van der Waals surface area contributed by atoms with E-state index in [1.54, 1.807) is 6.92 Å². The fraction of sp³-hybridized carbons (Fsp3) is 0.389. The molecule has 10 nitrogen and oxygen atoms in total. The van der Waals surface area contributed by atoms with Gasteiger partial charge in [-0.3, -0.25) is 9.36 Å². The third kappa shape index (κ3) is 7.26. The Balaban J connectivity index is 1.46. The SMILES string of the molecule is Cc1cn([C@H]2O[C@@H](CO[Si](c3ccccc3)(c3ccccc3)C(C)(C)C)C(O)C2OCCO)c(=O)n(COCc2ccccc2)c1=O. The molecule has 2 heterocycles. The molecule has 3 aromatic carbocycles. The van der Waals surface area contributed by atoms with Gasteiger partial charge in [-0.1, -0.05) is 112 Å². The number of aliphatic hydroxyl groups excluding tert-OH is 2. The van der Waals surface area contributed by atoms with Crippen molar-refractivity contribution in [1.82, 2.24) is 9.13 Å². The summed E-state index contributed by atoms with van der Waals surface area (Å²) < 4.78 is 27.3. The predicted octanol–water partition coefficient (Wildman–Crippen LogP) is 2.71. The molecule has 0 bridgehead atoms. The number of nitrogens with zero attached hydrogens (tertiary/aromatic N) is 2. The summed E-state index contributed by atoms with van der Waals surface area (Å²) in [5.74, 6) is 0. The Labute approximate surface area is 275 Å². The third-order valence-corrected chi connectivity index (χ3v) is 13.6. The fourth-order valence-corrected chi connectivity index (χ4v) is 10.9. The van der Waals surface area contributed by atoms with Gasteiger partial charge in [0.2, 0.25) is 0 Å². The van der Waals surface area contributed by atoms with Gasteiger partial charge in [-0.2, -0.15) is 0 Å². The molecule has 1 aromatic heterocycles. The average molecular weight is 661 g/mol. The molecule has 5 rings (SSSR count). The lowest BCUT2D eigenvalue weighted by Crippen LogP contribution is -2.67. The van der Waals surface area contributed by atoms with Crippen LogP contribution in [0.25, 0.3) is 0 Å². The predicted molar refractivity (Wildman–Crippen MR) is 181 cm³/mol. The molecule has 1 aliphatic heterocycles. The molecule has 1 aliphatic rings. The molecule has 2 unspecified atom stereocenters. The van der Waals surface area contributed by atoms with E-state index in [0.29, 0.717) is 5.56 Å². The van der Waals surface area contributed by atoms with E-state index >= 15 is 0 Å². The quantitative estimate of drug-likeness (QED) is 0.210. The number of aromatic nitrogens is 2. The summed E-state index contributed by atoms with van der Waals surface area (Å²) in [5, 5.41) is 23.0. The van der Waals surface area contributed by atoms with Crippen LogP contribution >= 0.6 is 0 Å². The third-order valence-electron chi connectivity index (χ3n) is 8.57. The second-order valence-electron chi connectivity index (χ2n) is 12.8. The molecule has 11 heteroatoms. The Morgan fingerprint density at radius 2 is 1.47 bits per heavy atom. The van der Waals surface area contributed by atoms with Gasteiger partial charge in [-0.25, -0.2) is 9.36 Å². The number of aliphatic hydroxyl groups is 2. The van der Waals surface area contributed by atoms with Crippen molar-refractivity contribution < 1.29 is 28.8 Å². The first-order valence-electron chi connectivity index (χ1n) is 15.8. The Bertz CT molecular complexity index is 1670. The Hall–Kier alpha value is -3.68. The van der Waals surface area contributed by atoms with E-state index in [0.717, 1.165) is 20.5 Å². The number of benzene rings is 3. The molecular formula is C36H44N2O8Si. The second kappa shape index (κ2) is 15.0. The summed E-state index contributed by atoms with van der Waals surface area (Å²) in [4.78, 5) is 26.8. The highest BCUT2D eigenvalue weighted by atomic mass is 28.4. The molecule has 4 atom stereocenters. The molecule has 0 saturated carbocycles. The molecule has 1 fully saturated rings. The van der Waals surface area contributed by atoms with Gasteiger partial charge >= 0.3 is 5.69 Å². The molecule has 0 aliphatic carbocycles. The molecule has 1 saturated heterocycles. The van der Waals surface area contributed by atoms with Crippen molar-refractivity contribution in [2.24, 2.45) is 0 Å². The zero-order chi connectivity index (χ0) is 33.6. The molecular weight excluding hydrogens is 616 g/mol. The minimum Gasteiger partial charge on any atom is -0.405 e. The lowest BCUT2D eigenvalue weighted by Gasteiger charge is -2.43. The highest BCUT2D eigenvalue weighted by Crippen LogP contribution is 2.38. The minimum atomic E-state index is -2.98. The molecule has 0 radical (unpaired) electrons. The van der Waals surface area contributed by atoms with Gasteiger partial charge in [0.15, 0.2) is 6.23 Å². The van der Waals surface area contributed by atoms with Crippen molar-refractivity contribution in [1.29, 1.82) is 0 Å². The number of rotatable bonds is 13. The standard InChI is InChI=1S/C36H44N2O8Si/c1-26-22-37(35(42)38(33(26)41)25-43-23-27-14-8-5-9-15-27)34-32(44-21-20-39)31(40)30(46-34)24-45-47(36(2,3)4,28-16-10-6-11-17-28)29-18-12-7-13-19-29/h5-19,22,30-32,34,39-40H,20-21,23-25H2,1-4H3/t30-,31?,32?,34-/m0/s1. The fourth-order valence-electron chi connectivity index (χ4n) is 6.30. The summed E-state index contributed by atoms with van der Waals surface area (Å²) in [6, 6.07) is 29.7. The van der Waals surface area contributed by atoms with Crippen LogP contribution < -0.4 is 21.6 Å². The highest BCUT2D eigenvalue weighted by Gasteiger charge is 2.53. The maximum Gasteiger partial charge on any atom is 0.335 e. The van der Waals surface area contributed by atoms with Crippen molar-refractivity contribution in [2.45, 2.75) is 70.6 Å². The maximum atomic E-state index is 13.8. The Morgan fingerprint density at radius 3 is 2.02 bits per heavy atom. The second-order valence-corrected chi connectivity index (χ2v) is 17.1. The van der Waals surface area contributed by atoms with Crippen molar-refractivity contribution in [3.8, 4) is 0 Å². The zero-order valence-corrected chi connectivity index (χ0v) is 28.3. The van der Waals surface area contributed by atoms with Gasteiger partial charge in [0.05, 0.1) is 26.4 Å². The van der Waals surface area contributed by atoms with Gasteiger partial charge in [0.25, 0.3) is 13.9 Å². The summed E-state index contributed by atoms with van der Waals surface area (Å²) in [7, 11) is -2.98. The van der Waals surface area contributed by atoms with Gasteiger partial charge in [-0.15, -0.1) is 0 Å². The van der Waals surface area contributed by atoms with E-state index in [2.05, 4.69) is 45.0 Å². The molecule has 0 amide bonds. The minimum absolute atomic E-state index is 0.0114. The molecule has 4 aromatic rings. The molecule has 0 spiro atoms. The Morgan fingerprint density at radius 1 is 0.894 bits per heavy atom. The number of ether oxygens (including phenoxy) is 3. The summed E-state index contributed by atoms with van der Waals surface area (Å²) in [5.41, 5.74) is 0.0326. The van der Waals surface area contributed by atoms with Crippen LogP contribution in [0.3, 0.4) is 0 Å². The van der Waals surface area contributed by atoms with Crippen molar-refractivity contribution in [3.63, 3.8) is 0 Å². The van der Waals surface area contributed by atoms with E-state index in [1.807, 2.05) is 66.7 Å². The van der Waals surface area contributed by atoms with Crippen LogP contribution in [0.4, 0.5) is 0 Å². The van der Waals surface area contributed by atoms with Crippen LogP contribution in [0.5, 0.6) is 0 Å². The first-order valence-corrected chi connectivity index (χ1v) is 17.7. The lowest BCUT2D eigenvalue weighted by molar-refractivity contribution is -0.0804. The number of hydrogen-bond acceptors (Lipinski definition) is 8. The molecule has 250 valence electrons. The van der Waals surface area contributed by atoms with Crippen LogP contribution in [0.2, 0.25) is 5.04 Å². The van der Waals surface area contributed by atoms with E-state index in [-0.39, 0.29) is 38.2 Å². The lowest BCUT2D eigenvalue weighted by atomic mass is 10.1. The van der Waals surface area contributed by atoms with Gasteiger partial charge in [-0.05, 0) is 27.9 Å². The van der Waals surface area contributed by atoms with E-state index < -0.39 is 44.1 Å². The van der Waals surface area contributed by atoms with Gasteiger partial charge in [0.1, 0.15) is 25.0 Å². The van der Waals surface area contributed by atoms with Crippen LogP contribution in [0.15, 0.2) is 107 Å². The Kier molecular flexibility index (Phi) is 11.1. The van der Waals surface area contributed by atoms with Crippen molar-refractivity contribution >= 4 is 18.7 Å². The van der Waals surface area contributed by atoms with Crippen LogP contribution in [-0.4, -0.2) is 65.8 Å². The largest absolute Gasteiger partial charge is 0.405 e. The van der Waals surface area contributed by atoms with Gasteiger partial charge in [0, 0.05) is 11.8 Å². The monoisotopic (exact) mass is 660 g/mol. The van der Waals surface area contributed by atoms with Crippen LogP contribution in [-0.2, 0) is 32.0 Å². The molecule has 47 heavy (non-hydrogen) atoms. The average Bonchev–Trinajstić information content (AvgIpc) is 3.38. The summed E-state index contributed by atoms with van der Waals surface area (Å²) in [6.45, 7) is 7.65. The van der Waals surface area contributed by atoms with Crippen LogP contribution in [0, 0.1) is 6.92 Å². The van der Waals surface area contributed by atoms with E-state index in [4.69, 9.17) is 18.6 Å².